The minimum Gasteiger partial charge on any atom is -0.377 e. The van der Waals surface area contributed by atoms with Crippen molar-refractivity contribution in [3.05, 3.63) is 0 Å². The summed E-state index contributed by atoms with van der Waals surface area (Å²) in [5.74, 6) is 0. The molecular formula is C8H17NO. The highest BCUT2D eigenvalue weighted by Crippen LogP contribution is 2.22. The molecule has 1 fully saturated rings. The molecule has 1 saturated heterocycles. The second kappa shape index (κ2) is 2.89. The molecule has 2 heteroatoms. The highest BCUT2D eigenvalue weighted by atomic mass is 16.5. The molecule has 0 aromatic rings. The molecule has 1 atom stereocenters. The maximum absolute atomic E-state index is 5.41. The number of rotatable bonds is 1. The van der Waals surface area contributed by atoms with E-state index >= 15 is 0 Å². The molecule has 0 aromatic heterocycles. The van der Waals surface area contributed by atoms with Gasteiger partial charge in [0.05, 0.1) is 5.60 Å². The fraction of sp³-hybridized carbons (Fsp3) is 1.00. The molecule has 0 amide bonds. The van der Waals surface area contributed by atoms with Gasteiger partial charge in [-0.05, 0) is 33.4 Å². The first-order chi connectivity index (χ1) is 4.66. The van der Waals surface area contributed by atoms with Gasteiger partial charge >= 0.3 is 0 Å². The summed E-state index contributed by atoms with van der Waals surface area (Å²) in [5, 5.41) is 0. The monoisotopic (exact) mass is 143 g/mol. The van der Waals surface area contributed by atoms with Gasteiger partial charge in [0.1, 0.15) is 0 Å². The molecule has 0 aromatic carbocycles. The van der Waals surface area contributed by atoms with Crippen molar-refractivity contribution in [2.24, 2.45) is 0 Å². The van der Waals surface area contributed by atoms with Crippen LogP contribution in [0.4, 0.5) is 0 Å². The summed E-state index contributed by atoms with van der Waals surface area (Å²) in [7, 11) is 3.95. The smallest absolute Gasteiger partial charge is 0.0777 e. The fourth-order valence-corrected chi connectivity index (χ4v) is 1.62. The van der Waals surface area contributed by atoms with Crippen LogP contribution in [-0.2, 0) is 4.74 Å². The van der Waals surface area contributed by atoms with Gasteiger partial charge in [0.25, 0.3) is 0 Å². The molecule has 0 radical (unpaired) electrons. The van der Waals surface area contributed by atoms with E-state index in [-0.39, 0.29) is 5.60 Å². The van der Waals surface area contributed by atoms with E-state index in [2.05, 4.69) is 18.9 Å². The van der Waals surface area contributed by atoms with Crippen LogP contribution in [0.1, 0.15) is 19.8 Å². The molecule has 10 heavy (non-hydrogen) atoms. The Balaban J connectivity index is 2.45. The zero-order chi connectivity index (χ0) is 7.61. The van der Waals surface area contributed by atoms with E-state index in [1.54, 1.807) is 7.11 Å². The number of hydrogen-bond donors (Lipinski definition) is 0. The Hall–Kier alpha value is -0.0800. The lowest BCUT2D eigenvalue weighted by Crippen LogP contribution is -2.45. The van der Waals surface area contributed by atoms with Crippen LogP contribution in [-0.4, -0.2) is 37.7 Å². The minimum atomic E-state index is 0.118. The van der Waals surface area contributed by atoms with E-state index in [0.717, 1.165) is 6.54 Å². The van der Waals surface area contributed by atoms with Gasteiger partial charge in [-0.1, -0.05) is 0 Å². The van der Waals surface area contributed by atoms with Gasteiger partial charge in [0.15, 0.2) is 0 Å². The van der Waals surface area contributed by atoms with Gasteiger partial charge in [-0.3, -0.25) is 0 Å². The summed E-state index contributed by atoms with van der Waals surface area (Å²) in [6, 6.07) is 0. The zero-order valence-corrected chi connectivity index (χ0v) is 7.18. The van der Waals surface area contributed by atoms with E-state index in [1.165, 1.54) is 19.4 Å². The highest BCUT2D eigenvalue weighted by molar-refractivity contribution is 4.82. The largest absolute Gasteiger partial charge is 0.377 e. The van der Waals surface area contributed by atoms with Gasteiger partial charge in [-0.2, -0.15) is 0 Å². The molecule has 0 aliphatic carbocycles. The first-order valence-corrected chi connectivity index (χ1v) is 3.90. The predicted molar refractivity (Wildman–Crippen MR) is 42.1 cm³/mol. The van der Waals surface area contributed by atoms with Crippen LogP contribution in [0, 0.1) is 0 Å². The second-order valence-corrected chi connectivity index (χ2v) is 3.50. The SMILES string of the molecule is CO[C@]1(C)CCCN(C)C1. The average molecular weight is 143 g/mol. The third kappa shape index (κ3) is 1.70. The van der Waals surface area contributed by atoms with Crippen molar-refractivity contribution in [2.75, 3.05) is 27.2 Å². The van der Waals surface area contributed by atoms with Crippen LogP contribution in [0.25, 0.3) is 0 Å². The van der Waals surface area contributed by atoms with E-state index in [1.807, 2.05) is 0 Å². The van der Waals surface area contributed by atoms with E-state index in [0.29, 0.717) is 0 Å². The Morgan fingerprint density at radius 2 is 2.20 bits per heavy atom. The molecule has 2 nitrogen and oxygen atoms in total. The van der Waals surface area contributed by atoms with Crippen LogP contribution in [0.5, 0.6) is 0 Å². The molecule has 0 unspecified atom stereocenters. The third-order valence-corrected chi connectivity index (χ3v) is 2.34. The molecule has 0 N–H and O–H groups in total. The second-order valence-electron chi connectivity index (χ2n) is 3.50. The van der Waals surface area contributed by atoms with Crippen molar-refractivity contribution >= 4 is 0 Å². The first kappa shape index (κ1) is 8.02. The lowest BCUT2D eigenvalue weighted by Gasteiger charge is -2.37. The van der Waals surface area contributed by atoms with Gasteiger partial charge in [-0.25, -0.2) is 0 Å². The maximum atomic E-state index is 5.41. The molecule has 60 valence electrons. The Labute approximate surface area is 63.2 Å². The average Bonchev–Trinajstić information content (AvgIpc) is 1.88. The van der Waals surface area contributed by atoms with E-state index < -0.39 is 0 Å². The lowest BCUT2D eigenvalue weighted by molar-refractivity contribution is -0.0443. The van der Waals surface area contributed by atoms with Crippen molar-refractivity contribution in [3.8, 4) is 0 Å². The van der Waals surface area contributed by atoms with Crippen LogP contribution >= 0.6 is 0 Å². The molecule has 0 spiro atoms. The molecule has 1 heterocycles. The van der Waals surface area contributed by atoms with Gasteiger partial charge < -0.3 is 9.64 Å². The summed E-state index contributed by atoms with van der Waals surface area (Å²) in [6.45, 7) is 4.48. The Morgan fingerprint density at radius 3 is 2.60 bits per heavy atom. The summed E-state index contributed by atoms with van der Waals surface area (Å²) in [4.78, 5) is 2.33. The number of nitrogens with zero attached hydrogens (tertiary/aromatic N) is 1. The van der Waals surface area contributed by atoms with Crippen molar-refractivity contribution in [1.82, 2.24) is 4.90 Å². The maximum Gasteiger partial charge on any atom is 0.0777 e. The summed E-state index contributed by atoms with van der Waals surface area (Å²) >= 11 is 0. The number of hydrogen-bond acceptors (Lipinski definition) is 2. The standard InChI is InChI=1S/C8H17NO/c1-8(10-3)5-4-6-9(2)7-8/h4-7H2,1-3H3/t8-/m1/s1. The third-order valence-electron chi connectivity index (χ3n) is 2.34. The molecule has 1 aliphatic heterocycles. The normalized spacial score (nSPS) is 36.3. The number of likely N-dealkylation sites (N-methyl/N-ethyl adjacent to an activating group) is 1. The summed E-state index contributed by atoms with van der Waals surface area (Å²) in [5.41, 5.74) is 0.118. The van der Waals surface area contributed by atoms with E-state index in [4.69, 9.17) is 4.74 Å². The predicted octanol–water partition coefficient (Wildman–Crippen LogP) is 1.12. The number of likely N-dealkylation sites (tertiary alicyclic amines) is 1. The molecule has 0 saturated carbocycles. The van der Waals surface area contributed by atoms with Crippen LogP contribution < -0.4 is 0 Å². The Morgan fingerprint density at radius 1 is 1.50 bits per heavy atom. The summed E-state index contributed by atoms with van der Waals surface area (Å²) in [6.07, 6.45) is 2.47. The topological polar surface area (TPSA) is 12.5 Å². The molecule has 1 rings (SSSR count). The minimum absolute atomic E-state index is 0.118. The van der Waals surface area contributed by atoms with Gasteiger partial charge in [0, 0.05) is 13.7 Å². The zero-order valence-electron chi connectivity index (χ0n) is 7.18. The van der Waals surface area contributed by atoms with Gasteiger partial charge in [-0.15, -0.1) is 0 Å². The van der Waals surface area contributed by atoms with E-state index in [9.17, 15) is 0 Å². The van der Waals surface area contributed by atoms with Crippen LogP contribution in [0.2, 0.25) is 0 Å². The molecule has 1 aliphatic rings. The first-order valence-electron chi connectivity index (χ1n) is 3.90. The number of ether oxygens (including phenoxy) is 1. The molecular weight excluding hydrogens is 126 g/mol. The number of piperidine rings is 1. The number of methoxy groups -OCH3 is 1. The highest BCUT2D eigenvalue weighted by Gasteiger charge is 2.28. The van der Waals surface area contributed by atoms with Crippen molar-refractivity contribution < 1.29 is 4.74 Å². The van der Waals surface area contributed by atoms with Crippen molar-refractivity contribution in [1.29, 1.82) is 0 Å². The fourth-order valence-electron chi connectivity index (χ4n) is 1.62. The Kier molecular flexibility index (Phi) is 2.32. The van der Waals surface area contributed by atoms with Crippen LogP contribution in [0.3, 0.4) is 0 Å². The Bertz CT molecular complexity index is 116. The summed E-state index contributed by atoms with van der Waals surface area (Å²) < 4.78 is 5.41. The van der Waals surface area contributed by atoms with Crippen molar-refractivity contribution in [2.45, 2.75) is 25.4 Å². The molecule has 0 bridgehead atoms. The van der Waals surface area contributed by atoms with Crippen LogP contribution in [0.15, 0.2) is 0 Å². The quantitative estimate of drug-likeness (QED) is 0.545. The van der Waals surface area contributed by atoms with Crippen molar-refractivity contribution in [3.63, 3.8) is 0 Å². The van der Waals surface area contributed by atoms with Gasteiger partial charge in [0.2, 0.25) is 0 Å². The lowest BCUT2D eigenvalue weighted by atomic mass is 9.95.